The van der Waals surface area contributed by atoms with E-state index in [0.717, 1.165) is 29.4 Å². The SMILES string of the molecule is CC1OCCC1N(C)C(C)c1ccc2ccccc2c1O. The van der Waals surface area contributed by atoms with Gasteiger partial charge >= 0.3 is 0 Å². The molecule has 0 aromatic heterocycles. The topological polar surface area (TPSA) is 32.7 Å². The number of hydrogen-bond acceptors (Lipinski definition) is 3. The van der Waals surface area contributed by atoms with Gasteiger partial charge in [0.05, 0.1) is 6.10 Å². The molecule has 1 saturated heterocycles. The molecular formula is C18H23NO2. The van der Waals surface area contributed by atoms with E-state index >= 15 is 0 Å². The molecule has 3 rings (SSSR count). The van der Waals surface area contributed by atoms with Crippen molar-refractivity contribution < 1.29 is 9.84 Å². The summed E-state index contributed by atoms with van der Waals surface area (Å²) in [5.41, 5.74) is 0.982. The molecule has 0 saturated carbocycles. The Hall–Kier alpha value is -1.58. The zero-order valence-corrected chi connectivity index (χ0v) is 12.9. The molecule has 2 aromatic rings. The lowest BCUT2D eigenvalue weighted by Gasteiger charge is -2.33. The molecular weight excluding hydrogens is 262 g/mol. The summed E-state index contributed by atoms with van der Waals surface area (Å²) in [4.78, 5) is 2.32. The van der Waals surface area contributed by atoms with Crippen LogP contribution in [0, 0.1) is 0 Å². The number of ether oxygens (including phenoxy) is 1. The minimum atomic E-state index is 0.156. The van der Waals surface area contributed by atoms with E-state index in [1.54, 1.807) is 0 Å². The second kappa shape index (κ2) is 5.66. The first-order valence-electron chi connectivity index (χ1n) is 7.63. The summed E-state index contributed by atoms with van der Waals surface area (Å²) < 4.78 is 5.67. The van der Waals surface area contributed by atoms with Crippen LogP contribution >= 0.6 is 0 Å². The maximum Gasteiger partial charge on any atom is 0.128 e. The number of hydrogen-bond donors (Lipinski definition) is 1. The lowest BCUT2D eigenvalue weighted by molar-refractivity contribution is 0.0700. The van der Waals surface area contributed by atoms with Crippen molar-refractivity contribution in [1.82, 2.24) is 4.90 Å². The van der Waals surface area contributed by atoms with Crippen LogP contribution in [0.5, 0.6) is 5.75 Å². The highest BCUT2D eigenvalue weighted by atomic mass is 16.5. The Morgan fingerprint density at radius 1 is 1.24 bits per heavy atom. The van der Waals surface area contributed by atoms with E-state index in [0.29, 0.717) is 11.8 Å². The number of likely N-dealkylation sites (N-methyl/N-ethyl adjacent to an activating group) is 1. The molecule has 0 amide bonds. The first-order valence-corrected chi connectivity index (χ1v) is 7.63. The zero-order valence-electron chi connectivity index (χ0n) is 12.9. The summed E-state index contributed by atoms with van der Waals surface area (Å²) >= 11 is 0. The molecule has 3 heteroatoms. The predicted octanol–water partition coefficient (Wildman–Crippen LogP) is 3.72. The van der Waals surface area contributed by atoms with Gasteiger partial charge in [0.15, 0.2) is 0 Å². The van der Waals surface area contributed by atoms with E-state index in [4.69, 9.17) is 4.74 Å². The molecule has 0 bridgehead atoms. The Kier molecular flexibility index (Phi) is 3.87. The Morgan fingerprint density at radius 2 is 2.00 bits per heavy atom. The van der Waals surface area contributed by atoms with Crippen molar-refractivity contribution in [2.24, 2.45) is 0 Å². The largest absolute Gasteiger partial charge is 0.507 e. The van der Waals surface area contributed by atoms with Gasteiger partial charge in [-0.1, -0.05) is 36.4 Å². The number of rotatable bonds is 3. The second-order valence-corrected chi connectivity index (χ2v) is 6.00. The summed E-state index contributed by atoms with van der Waals surface area (Å²) in [5, 5.41) is 12.6. The summed E-state index contributed by atoms with van der Waals surface area (Å²) in [6.07, 6.45) is 1.30. The molecule has 3 atom stereocenters. The molecule has 1 aliphatic heterocycles. The molecule has 0 spiro atoms. The maximum atomic E-state index is 10.6. The van der Waals surface area contributed by atoms with Gasteiger partial charge in [-0.3, -0.25) is 4.90 Å². The monoisotopic (exact) mass is 285 g/mol. The molecule has 1 aliphatic rings. The third kappa shape index (κ3) is 2.52. The lowest BCUT2D eigenvalue weighted by atomic mass is 9.98. The molecule has 21 heavy (non-hydrogen) atoms. The fourth-order valence-electron chi connectivity index (χ4n) is 3.37. The van der Waals surface area contributed by atoms with Crippen LogP contribution in [0.2, 0.25) is 0 Å². The van der Waals surface area contributed by atoms with Gasteiger partial charge in [-0.25, -0.2) is 0 Å². The van der Waals surface area contributed by atoms with Crippen LogP contribution in [-0.4, -0.2) is 35.8 Å². The highest BCUT2D eigenvalue weighted by Gasteiger charge is 2.31. The van der Waals surface area contributed by atoms with Gasteiger partial charge in [0.25, 0.3) is 0 Å². The van der Waals surface area contributed by atoms with Gasteiger partial charge in [0.2, 0.25) is 0 Å². The van der Waals surface area contributed by atoms with E-state index in [9.17, 15) is 5.11 Å². The average Bonchev–Trinajstić information content (AvgIpc) is 2.92. The highest BCUT2D eigenvalue weighted by Crippen LogP contribution is 2.36. The van der Waals surface area contributed by atoms with Crippen LogP contribution in [0.4, 0.5) is 0 Å². The van der Waals surface area contributed by atoms with E-state index in [1.165, 1.54) is 0 Å². The number of phenols is 1. The first kappa shape index (κ1) is 14.4. The summed E-state index contributed by atoms with van der Waals surface area (Å²) in [7, 11) is 2.12. The Bertz CT molecular complexity index is 640. The smallest absolute Gasteiger partial charge is 0.128 e. The molecule has 112 valence electrons. The molecule has 1 fully saturated rings. The van der Waals surface area contributed by atoms with Crippen LogP contribution in [0.15, 0.2) is 36.4 Å². The molecule has 3 unspecified atom stereocenters. The fourth-order valence-corrected chi connectivity index (χ4v) is 3.37. The van der Waals surface area contributed by atoms with Crippen LogP contribution in [0.25, 0.3) is 10.8 Å². The standard InChI is InChI=1S/C18H23NO2/c1-12(19(3)17-10-11-21-13(17)2)15-9-8-14-6-4-5-7-16(14)18(15)20/h4-9,12-13,17,20H,10-11H2,1-3H3. The van der Waals surface area contributed by atoms with E-state index in [1.807, 2.05) is 30.3 Å². The Balaban J connectivity index is 1.94. The zero-order chi connectivity index (χ0) is 15.0. The minimum absolute atomic E-state index is 0.156. The lowest BCUT2D eigenvalue weighted by Crippen LogP contribution is -2.38. The normalized spacial score (nSPS) is 23.8. The predicted molar refractivity (Wildman–Crippen MR) is 85.6 cm³/mol. The van der Waals surface area contributed by atoms with Gasteiger partial charge in [-0.15, -0.1) is 0 Å². The fraction of sp³-hybridized carbons (Fsp3) is 0.444. The number of benzene rings is 2. The van der Waals surface area contributed by atoms with Gasteiger partial charge in [0, 0.05) is 29.6 Å². The molecule has 0 radical (unpaired) electrons. The first-order chi connectivity index (χ1) is 10.1. The van der Waals surface area contributed by atoms with Gasteiger partial charge < -0.3 is 9.84 Å². The van der Waals surface area contributed by atoms with Crippen molar-refractivity contribution in [2.45, 2.75) is 38.5 Å². The highest BCUT2D eigenvalue weighted by molar-refractivity contribution is 5.89. The number of fused-ring (bicyclic) bond motifs is 1. The Labute approximate surface area is 126 Å². The minimum Gasteiger partial charge on any atom is -0.507 e. The molecule has 0 aliphatic carbocycles. The number of nitrogens with zero attached hydrogens (tertiary/aromatic N) is 1. The van der Waals surface area contributed by atoms with Crippen LogP contribution in [0.1, 0.15) is 31.9 Å². The van der Waals surface area contributed by atoms with Gasteiger partial charge in [-0.2, -0.15) is 0 Å². The van der Waals surface area contributed by atoms with Crippen molar-refractivity contribution in [3.8, 4) is 5.75 Å². The van der Waals surface area contributed by atoms with Crippen LogP contribution < -0.4 is 0 Å². The maximum absolute atomic E-state index is 10.6. The average molecular weight is 285 g/mol. The number of phenolic OH excluding ortho intramolecular Hbond substituents is 1. The van der Waals surface area contributed by atoms with E-state index in [2.05, 4.69) is 31.9 Å². The summed E-state index contributed by atoms with van der Waals surface area (Å²) in [6.45, 7) is 5.10. The number of aromatic hydroxyl groups is 1. The van der Waals surface area contributed by atoms with Crippen LogP contribution in [0.3, 0.4) is 0 Å². The van der Waals surface area contributed by atoms with Crippen LogP contribution in [-0.2, 0) is 4.74 Å². The van der Waals surface area contributed by atoms with Crippen molar-refractivity contribution >= 4 is 10.8 Å². The quantitative estimate of drug-likeness (QED) is 0.933. The van der Waals surface area contributed by atoms with Crippen molar-refractivity contribution in [3.05, 3.63) is 42.0 Å². The summed E-state index contributed by atoms with van der Waals surface area (Å²) in [6, 6.07) is 12.7. The van der Waals surface area contributed by atoms with Crippen molar-refractivity contribution in [3.63, 3.8) is 0 Å². The molecule has 3 nitrogen and oxygen atoms in total. The van der Waals surface area contributed by atoms with E-state index < -0.39 is 0 Å². The third-order valence-electron chi connectivity index (χ3n) is 4.85. The van der Waals surface area contributed by atoms with Gasteiger partial charge in [0.1, 0.15) is 5.75 Å². The molecule has 1 heterocycles. The van der Waals surface area contributed by atoms with Gasteiger partial charge in [-0.05, 0) is 32.7 Å². The van der Waals surface area contributed by atoms with Crippen molar-refractivity contribution in [1.29, 1.82) is 0 Å². The molecule has 1 N–H and O–H groups in total. The second-order valence-electron chi connectivity index (χ2n) is 6.00. The third-order valence-corrected chi connectivity index (χ3v) is 4.85. The van der Waals surface area contributed by atoms with Crippen molar-refractivity contribution in [2.75, 3.05) is 13.7 Å². The van der Waals surface area contributed by atoms with E-state index in [-0.39, 0.29) is 12.1 Å². The Morgan fingerprint density at radius 3 is 2.71 bits per heavy atom. The summed E-state index contributed by atoms with van der Waals surface area (Å²) in [5.74, 6) is 0.402. The molecule has 2 aromatic carbocycles.